The summed E-state index contributed by atoms with van der Waals surface area (Å²) in [6.45, 7) is 1.33. The van der Waals surface area contributed by atoms with Crippen LogP contribution in [0, 0.1) is 5.92 Å². The van der Waals surface area contributed by atoms with Crippen molar-refractivity contribution < 1.29 is 62.6 Å². The first kappa shape index (κ1) is 57.0. The lowest BCUT2D eigenvalue weighted by Gasteiger charge is -2.29. The van der Waals surface area contributed by atoms with E-state index in [2.05, 4.69) is 42.5 Å². The van der Waals surface area contributed by atoms with Gasteiger partial charge in [0.05, 0.1) is 26.1 Å². The van der Waals surface area contributed by atoms with Gasteiger partial charge >= 0.3 is 0 Å². The molecule has 7 atom stereocenters. The number of nitrogens with zero attached hydrogens (tertiary/aromatic N) is 1. The highest BCUT2D eigenvalue weighted by Crippen LogP contribution is 2.15. The Bertz CT molecular complexity index is 2300. The van der Waals surface area contributed by atoms with Gasteiger partial charge in [-0.05, 0) is 54.2 Å². The summed E-state index contributed by atoms with van der Waals surface area (Å²) in [5.74, 6) is -12.0. The molecule has 1 aliphatic rings. The van der Waals surface area contributed by atoms with Gasteiger partial charge in [0.15, 0.2) is 0 Å². The van der Waals surface area contributed by atoms with Crippen LogP contribution in [0.1, 0.15) is 63.5 Å². The predicted octanol–water partition coefficient (Wildman–Crippen LogP) is -5.17. The number of likely N-dealkylation sites (N-methyl/N-ethyl adjacent to an activating group) is 1. The molecule has 0 spiro atoms. The van der Waals surface area contributed by atoms with Crippen molar-refractivity contribution in [2.45, 2.75) is 101 Å². The SMILES string of the molecule is CC[C@H](C)[C@@H]1NC(=O)[C@H](Cc2ccc(O)cc2)NC(=O)CNC(=O)CC[C@@H](C(=O)N(C)CC(=O)N[C@@H](Cc2ccc(N)cc2)C(=O)NCC(N)=O)NC(=O)[C@H](CC(N)=O)NC(=O)[C@H](CCC(N)=O)NC1=O. The highest BCUT2D eigenvalue weighted by atomic mass is 16.3. The Morgan fingerprint density at radius 2 is 1.35 bits per heavy atom. The van der Waals surface area contributed by atoms with Crippen molar-refractivity contribution in [1.29, 1.82) is 0 Å². The Labute approximate surface area is 408 Å². The van der Waals surface area contributed by atoms with Gasteiger partial charge in [0.25, 0.3) is 0 Å². The standard InChI is InChI=1S/C45H63N13O13/c1-4-23(2)39-44(70)54-28(13-15-33(47)60)41(67)56-32(19-34(48)61)42(68)55-29(14-16-36(63)50-21-37(64)52-31(43(69)57-39)18-25-7-11-27(59)12-8-25)45(71)58(3)22-38(65)53-30(40(66)51-20-35(49)62)17-24-5-9-26(46)10-6-24/h5-12,23,28-32,39,59H,4,13-22,46H2,1-3H3,(H2,47,60)(H2,48,61)(H2,49,62)(H,50,63)(H,51,66)(H,52,64)(H,53,65)(H,54,70)(H,55,68)(H,56,67)(H,57,69)/t23-,28-,29-,30-,31-,32-,39-/m0/s1. The topological polar surface area (TPSA) is 429 Å². The van der Waals surface area contributed by atoms with Crippen LogP contribution in [0.5, 0.6) is 5.75 Å². The van der Waals surface area contributed by atoms with Crippen molar-refractivity contribution in [2.75, 3.05) is 32.4 Å². The molecule has 386 valence electrons. The number of benzene rings is 2. The molecule has 2 aromatic carbocycles. The summed E-state index contributed by atoms with van der Waals surface area (Å²) in [4.78, 5) is 160. The summed E-state index contributed by atoms with van der Waals surface area (Å²) in [7, 11) is 1.16. The molecule has 1 saturated heterocycles. The average molecular weight is 994 g/mol. The van der Waals surface area contributed by atoms with Crippen LogP contribution in [0.15, 0.2) is 48.5 Å². The van der Waals surface area contributed by atoms with E-state index in [9.17, 15) is 62.6 Å². The normalized spacial score (nSPS) is 20.4. The Hall–Kier alpha value is -8.32. The molecule has 1 aliphatic heterocycles. The number of nitrogen functional groups attached to an aromatic ring is 1. The molecule has 0 radical (unpaired) electrons. The Balaban J connectivity index is 2.01. The molecular formula is C45H63N13O13. The summed E-state index contributed by atoms with van der Waals surface area (Å²) in [5, 5.41) is 29.3. The molecule has 0 aliphatic carbocycles. The van der Waals surface area contributed by atoms with E-state index in [1.165, 1.54) is 24.3 Å². The van der Waals surface area contributed by atoms with E-state index in [-0.39, 0.29) is 18.6 Å². The smallest absolute Gasteiger partial charge is 0.245 e. The molecule has 3 rings (SSSR count). The summed E-state index contributed by atoms with van der Waals surface area (Å²) in [6.07, 6.45) is -2.80. The second-order valence-corrected chi connectivity index (χ2v) is 17.0. The van der Waals surface area contributed by atoms with E-state index in [1.54, 1.807) is 38.1 Å². The zero-order valence-corrected chi connectivity index (χ0v) is 39.5. The molecule has 17 N–H and O–H groups in total. The Morgan fingerprint density at radius 3 is 1.96 bits per heavy atom. The molecule has 0 unspecified atom stereocenters. The zero-order chi connectivity index (χ0) is 52.9. The quantitative estimate of drug-likeness (QED) is 0.0622. The average Bonchev–Trinajstić information content (AvgIpc) is 3.31. The molecule has 0 aromatic heterocycles. The number of nitrogens with one attached hydrogen (secondary N) is 8. The van der Waals surface area contributed by atoms with Crippen molar-refractivity contribution >= 4 is 76.6 Å². The number of primary amides is 3. The van der Waals surface area contributed by atoms with Gasteiger partial charge in [-0.3, -0.25) is 57.5 Å². The third kappa shape index (κ3) is 19.7. The van der Waals surface area contributed by atoms with Gasteiger partial charge in [-0.25, -0.2) is 0 Å². The van der Waals surface area contributed by atoms with Crippen LogP contribution in [-0.4, -0.2) is 144 Å². The van der Waals surface area contributed by atoms with Gasteiger partial charge in [-0.15, -0.1) is 0 Å². The van der Waals surface area contributed by atoms with Crippen LogP contribution >= 0.6 is 0 Å². The molecule has 0 bridgehead atoms. The first-order valence-electron chi connectivity index (χ1n) is 22.5. The minimum absolute atomic E-state index is 0.0775. The number of rotatable bonds is 18. The molecule has 12 amide bonds. The minimum atomic E-state index is -1.85. The molecule has 1 fully saturated rings. The monoisotopic (exact) mass is 993 g/mol. The van der Waals surface area contributed by atoms with Gasteiger partial charge in [-0.1, -0.05) is 44.5 Å². The maximum Gasteiger partial charge on any atom is 0.245 e. The van der Waals surface area contributed by atoms with Crippen molar-refractivity contribution in [3.8, 4) is 5.75 Å². The zero-order valence-electron chi connectivity index (χ0n) is 39.5. The molecular weight excluding hydrogens is 931 g/mol. The van der Waals surface area contributed by atoms with Gasteiger partial charge in [-0.2, -0.15) is 0 Å². The third-order valence-electron chi connectivity index (χ3n) is 11.2. The minimum Gasteiger partial charge on any atom is -0.508 e. The summed E-state index contributed by atoms with van der Waals surface area (Å²) in [6, 6.07) is 2.79. The van der Waals surface area contributed by atoms with E-state index in [4.69, 9.17) is 22.9 Å². The van der Waals surface area contributed by atoms with Crippen LogP contribution in [0.25, 0.3) is 0 Å². The molecule has 26 nitrogen and oxygen atoms in total. The van der Waals surface area contributed by atoms with Crippen LogP contribution in [0.3, 0.4) is 0 Å². The summed E-state index contributed by atoms with van der Waals surface area (Å²) < 4.78 is 0. The highest BCUT2D eigenvalue weighted by Gasteiger charge is 2.36. The largest absolute Gasteiger partial charge is 0.508 e. The fourth-order valence-corrected chi connectivity index (χ4v) is 7.05. The van der Waals surface area contributed by atoms with E-state index < -0.39 is 165 Å². The lowest BCUT2D eigenvalue weighted by Crippen LogP contribution is -2.61. The maximum atomic E-state index is 14.1. The van der Waals surface area contributed by atoms with Crippen molar-refractivity contribution in [2.24, 2.45) is 23.1 Å². The number of phenols is 1. The maximum absolute atomic E-state index is 14.1. The lowest BCUT2D eigenvalue weighted by atomic mass is 9.96. The van der Waals surface area contributed by atoms with Crippen molar-refractivity contribution in [1.82, 2.24) is 47.4 Å². The van der Waals surface area contributed by atoms with Gasteiger partial charge in [0.1, 0.15) is 42.0 Å². The molecule has 2 aromatic rings. The third-order valence-corrected chi connectivity index (χ3v) is 11.2. The summed E-state index contributed by atoms with van der Waals surface area (Å²) >= 11 is 0. The number of amides is 12. The number of nitrogens with two attached hydrogens (primary N) is 4. The van der Waals surface area contributed by atoms with Crippen molar-refractivity contribution in [3.05, 3.63) is 59.7 Å². The van der Waals surface area contributed by atoms with E-state index in [0.29, 0.717) is 23.2 Å². The molecule has 71 heavy (non-hydrogen) atoms. The number of aromatic hydroxyl groups is 1. The first-order chi connectivity index (χ1) is 33.4. The number of hydrogen-bond donors (Lipinski definition) is 13. The van der Waals surface area contributed by atoms with Gasteiger partial charge < -0.3 is 75.5 Å². The van der Waals surface area contributed by atoms with Crippen LogP contribution in [-0.2, 0) is 70.4 Å². The Morgan fingerprint density at radius 1 is 0.746 bits per heavy atom. The first-order valence-corrected chi connectivity index (χ1v) is 22.5. The predicted molar refractivity (Wildman–Crippen MR) is 252 cm³/mol. The highest BCUT2D eigenvalue weighted by molar-refractivity contribution is 5.99. The van der Waals surface area contributed by atoms with Crippen LogP contribution < -0.4 is 65.5 Å². The molecule has 26 heteroatoms. The van der Waals surface area contributed by atoms with Gasteiger partial charge in [0.2, 0.25) is 70.9 Å². The second-order valence-electron chi connectivity index (χ2n) is 17.0. The number of anilines is 1. The fraction of sp³-hybridized carbons (Fsp3) is 0.467. The van der Waals surface area contributed by atoms with Crippen LogP contribution in [0.2, 0.25) is 0 Å². The number of carbonyl (C=O) groups is 12. The molecule has 0 saturated carbocycles. The molecule has 1 heterocycles. The fourth-order valence-electron chi connectivity index (χ4n) is 7.05. The summed E-state index contributed by atoms with van der Waals surface area (Å²) in [5.41, 5.74) is 23.2. The van der Waals surface area contributed by atoms with E-state index >= 15 is 0 Å². The van der Waals surface area contributed by atoms with Crippen LogP contribution in [0.4, 0.5) is 5.69 Å². The number of phenolic OH excluding ortho intramolecular Hbond substituents is 1. The Kier molecular flexibility index (Phi) is 22.2. The second kappa shape index (κ2) is 27.6. The number of hydrogen-bond acceptors (Lipinski definition) is 14. The lowest BCUT2D eigenvalue weighted by molar-refractivity contribution is -0.140. The number of carbonyl (C=O) groups excluding carboxylic acids is 12. The van der Waals surface area contributed by atoms with E-state index in [1.807, 2.05) is 0 Å². The van der Waals surface area contributed by atoms with E-state index in [0.717, 1.165) is 11.9 Å². The van der Waals surface area contributed by atoms with Gasteiger partial charge in [0, 0.05) is 38.4 Å². The van der Waals surface area contributed by atoms with Crippen molar-refractivity contribution in [3.63, 3.8) is 0 Å².